The maximum Gasteiger partial charge on any atom is 0.195 e. The number of allylic oxidation sites excluding steroid dienone is 1. The van der Waals surface area contributed by atoms with Gasteiger partial charge in [-0.3, -0.25) is 4.79 Å². The number of benzene rings is 2. The highest BCUT2D eigenvalue weighted by molar-refractivity contribution is 6.30. The Balaban J connectivity index is 2.05. The van der Waals surface area contributed by atoms with E-state index in [-0.39, 0.29) is 12.4 Å². The molecule has 0 saturated carbocycles. The predicted molar refractivity (Wildman–Crippen MR) is 87.7 cm³/mol. The summed E-state index contributed by atoms with van der Waals surface area (Å²) in [5.41, 5.74) is 4.68. The number of carbonyl (C=O) groups is 1. The van der Waals surface area contributed by atoms with Crippen LogP contribution < -0.4 is 5.32 Å². The van der Waals surface area contributed by atoms with Crippen LogP contribution in [0.1, 0.15) is 33.5 Å². The molecule has 0 atom stereocenters. The molecule has 112 valence electrons. The minimum atomic E-state index is 0.0528. The molecule has 3 heteroatoms. The molecule has 2 aromatic rings. The molecule has 1 aliphatic rings. The molecule has 0 aliphatic heterocycles. The van der Waals surface area contributed by atoms with Crippen molar-refractivity contribution in [3.8, 4) is 0 Å². The highest BCUT2D eigenvalue weighted by Crippen LogP contribution is 2.30. The van der Waals surface area contributed by atoms with E-state index in [9.17, 15) is 4.79 Å². The van der Waals surface area contributed by atoms with E-state index in [0.29, 0.717) is 18.5 Å². The lowest BCUT2D eigenvalue weighted by Gasteiger charge is -2.09. The van der Waals surface area contributed by atoms with E-state index in [4.69, 9.17) is 5.11 Å². The smallest absolute Gasteiger partial charge is 0.195 e. The number of hydrogen-bond donors (Lipinski definition) is 2. The molecule has 2 aromatic carbocycles. The van der Waals surface area contributed by atoms with Crippen LogP contribution >= 0.6 is 0 Å². The Morgan fingerprint density at radius 2 is 1.64 bits per heavy atom. The predicted octanol–water partition coefficient (Wildman–Crippen LogP) is 2.79. The number of fused-ring (bicyclic) bond motifs is 2. The zero-order chi connectivity index (χ0) is 15.4. The van der Waals surface area contributed by atoms with E-state index in [1.165, 1.54) is 0 Å². The van der Waals surface area contributed by atoms with Crippen molar-refractivity contribution in [2.75, 3.05) is 13.2 Å². The van der Waals surface area contributed by atoms with E-state index in [1.807, 2.05) is 42.5 Å². The Morgan fingerprint density at radius 1 is 1.00 bits per heavy atom. The third-order valence-electron chi connectivity index (χ3n) is 3.92. The van der Waals surface area contributed by atoms with Gasteiger partial charge in [-0.2, -0.15) is 0 Å². The summed E-state index contributed by atoms with van der Waals surface area (Å²) in [7, 11) is 0. The standard InChI is InChI=1S/C19H19NO2/c21-11-5-10-20-13-18-16-8-3-1-6-14(16)12-15-7-2-4-9-17(15)19(18)22/h1-4,6-9,13,20-21H,5,10-12H2/b18-13+. The van der Waals surface area contributed by atoms with Crippen LogP contribution in [0, 0.1) is 0 Å². The summed E-state index contributed by atoms with van der Waals surface area (Å²) < 4.78 is 0. The number of hydrogen-bond acceptors (Lipinski definition) is 3. The van der Waals surface area contributed by atoms with Gasteiger partial charge in [-0.15, -0.1) is 0 Å². The number of nitrogens with one attached hydrogen (secondary N) is 1. The Labute approximate surface area is 130 Å². The van der Waals surface area contributed by atoms with Gasteiger partial charge in [0.05, 0.1) is 0 Å². The van der Waals surface area contributed by atoms with Crippen LogP contribution in [0.4, 0.5) is 0 Å². The van der Waals surface area contributed by atoms with E-state index in [2.05, 4.69) is 11.4 Å². The van der Waals surface area contributed by atoms with Crippen molar-refractivity contribution in [1.82, 2.24) is 5.32 Å². The second-order valence-electron chi connectivity index (χ2n) is 5.41. The zero-order valence-electron chi connectivity index (χ0n) is 12.4. The van der Waals surface area contributed by atoms with Crippen LogP contribution in [0.5, 0.6) is 0 Å². The van der Waals surface area contributed by atoms with Gasteiger partial charge >= 0.3 is 0 Å². The van der Waals surface area contributed by atoms with E-state index in [1.54, 1.807) is 6.20 Å². The van der Waals surface area contributed by atoms with Crippen LogP contribution in [-0.4, -0.2) is 24.0 Å². The first kappa shape index (κ1) is 14.5. The second kappa shape index (κ2) is 6.58. The molecule has 0 spiro atoms. The lowest BCUT2D eigenvalue weighted by Crippen LogP contribution is -2.12. The summed E-state index contributed by atoms with van der Waals surface area (Å²) >= 11 is 0. The Bertz CT molecular complexity index is 719. The molecule has 0 saturated heterocycles. The summed E-state index contributed by atoms with van der Waals surface area (Å²) in [4.78, 5) is 12.9. The normalized spacial score (nSPS) is 15.1. The van der Waals surface area contributed by atoms with Gasteiger partial charge in [0, 0.05) is 30.5 Å². The van der Waals surface area contributed by atoms with Crippen molar-refractivity contribution in [1.29, 1.82) is 0 Å². The molecule has 22 heavy (non-hydrogen) atoms. The maximum absolute atomic E-state index is 12.9. The van der Waals surface area contributed by atoms with Crippen LogP contribution in [-0.2, 0) is 6.42 Å². The highest BCUT2D eigenvalue weighted by Gasteiger charge is 2.23. The average Bonchev–Trinajstić information content (AvgIpc) is 2.67. The number of carbonyl (C=O) groups excluding carboxylic acids is 1. The topological polar surface area (TPSA) is 49.3 Å². The molecule has 0 radical (unpaired) electrons. The SMILES string of the molecule is O=C1/C(=C/NCCCO)c2ccccc2Cc2ccccc21. The van der Waals surface area contributed by atoms with Gasteiger partial charge in [-0.1, -0.05) is 48.5 Å². The van der Waals surface area contributed by atoms with Crippen LogP contribution in [0.3, 0.4) is 0 Å². The lowest BCUT2D eigenvalue weighted by atomic mass is 9.97. The quantitative estimate of drug-likeness (QED) is 0.673. The molecule has 0 aromatic heterocycles. The average molecular weight is 293 g/mol. The molecule has 1 aliphatic carbocycles. The summed E-state index contributed by atoms with van der Waals surface area (Å²) in [6.07, 6.45) is 3.22. The molecule has 0 bridgehead atoms. The molecule has 3 rings (SSSR count). The van der Waals surface area contributed by atoms with Crippen molar-refractivity contribution >= 4 is 11.4 Å². The molecular formula is C19H19NO2. The van der Waals surface area contributed by atoms with Crippen LogP contribution in [0.2, 0.25) is 0 Å². The lowest BCUT2D eigenvalue weighted by molar-refractivity contribution is 0.105. The third kappa shape index (κ3) is 2.81. The van der Waals surface area contributed by atoms with Crippen molar-refractivity contribution in [2.45, 2.75) is 12.8 Å². The monoisotopic (exact) mass is 293 g/mol. The van der Waals surface area contributed by atoms with Gasteiger partial charge < -0.3 is 10.4 Å². The summed E-state index contributed by atoms with van der Waals surface area (Å²) in [6, 6.07) is 15.8. The van der Waals surface area contributed by atoms with Crippen molar-refractivity contribution in [2.24, 2.45) is 0 Å². The summed E-state index contributed by atoms with van der Waals surface area (Å²) in [5, 5.41) is 12.0. The third-order valence-corrected chi connectivity index (χ3v) is 3.92. The number of rotatable bonds is 4. The second-order valence-corrected chi connectivity index (χ2v) is 5.41. The van der Waals surface area contributed by atoms with Crippen LogP contribution in [0.15, 0.2) is 54.7 Å². The minimum Gasteiger partial charge on any atom is -0.396 e. The van der Waals surface area contributed by atoms with Crippen molar-refractivity contribution in [3.05, 3.63) is 77.0 Å². The molecule has 3 nitrogen and oxygen atoms in total. The molecule has 0 unspecified atom stereocenters. The minimum absolute atomic E-state index is 0.0528. The fraction of sp³-hybridized carbons (Fsp3) is 0.211. The number of ketones is 1. The molecule has 0 amide bonds. The van der Waals surface area contributed by atoms with E-state index in [0.717, 1.165) is 28.7 Å². The largest absolute Gasteiger partial charge is 0.396 e. The summed E-state index contributed by atoms with van der Waals surface area (Å²) in [5.74, 6) is 0.0528. The van der Waals surface area contributed by atoms with Gasteiger partial charge in [0.15, 0.2) is 5.78 Å². The van der Waals surface area contributed by atoms with E-state index >= 15 is 0 Å². The molecule has 2 N–H and O–H groups in total. The van der Waals surface area contributed by atoms with Crippen LogP contribution in [0.25, 0.3) is 5.57 Å². The first-order valence-electron chi connectivity index (χ1n) is 7.56. The Kier molecular flexibility index (Phi) is 4.35. The maximum atomic E-state index is 12.9. The summed E-state index contributed by atoms with van der Waals surface area (Å²) in [6.45, 7) is 0.792. The highest BCUT2D eigenvalue weighted by atomic mass is 16.3. The first-order chi connectivity index (χ1) is 10.8. The first-order valence-corrected chi connectivity index (χ1v) is 7.56. The van der Waals surface area contributed by atoms with Crippen molar-refractivity contribution in [3.63, 3.8) is 0 Å². The number of aliphatic hydroxyl groups excluding tert-OH is 1. The number of aliphatic hydroxyl groups is 1. The zero-order valence-corrected chi connectivity index (χ0v) is 12.4. The van der Waals surface area contributed by atoms with Crippen molar-refractivity contribution < 1.29 is 9.90 Å². The number of Topliss-reactive ketones (excluding diaryl/α,β-unsaturated/α-hetero) is 1. The van der Waals surface area contributed by atoms with Gasteiger partial charge in [-0.25, -0.2) is 0 Å². The fourth-order valence-corrected chi connectivity index (χ4v) is 2.80. The molecule has 0 fully saturated rings. The molecule has 0 heterocycles. The fourth-order valence-electron chi connectivity index (χ4n) is 2.80. The van der Waals surface area contributed by atoms with E-state index < -0.39 is 0 Å². The Morgan fingerprint density at radius 3 is 2.36 bits per heavy atom. The van der Waals surface area contributed by atoms with Gasteiger partial charge in [0.2, 0.25) is 0 Å². The molecular weight excluding hydrogens is 274 g/mol. The van der Waals surface area contributed by atoms with Gasteiger partial charge in [0.25, 0.3) is 0 Å². The van der Waals surface area contributed by atoms with Gasteiger partial charge in [-0.05, 0) is 29.5 Å². The van der Waals surface area contributed by atoms with Gasteiger partial charge in [0.1, 0.15) is 0 Å². The Hall–Kier alpha value is -2.39.